The molecule has 0 saturated carbocycles. The highest BCUT2D eigenvalue weighted by atomic mass is 16.6. The number of aromatic nitrogens is 1. The zero-order chi connectivity index (χ0) is 16.6. The van der Waals surface area contributed by atoms with Gasteiger partial charge in [0.15, 0.2) is 11.9 Å². The van der Waals surface area contributed by atoms with Crippen LogP contribution in [0.2, 0.25) is 0 Å². The van der Waals surface area contributed by atoms with E-state index in [0.29, 0.717) is 12.5 Å². The summed E-state index contributed by atoms with van der Waals surface area (Å²) in [5, 5.41) is 0. The molecule has 0 spiro atoms. The van der Waals surface area contributed by atoms with Crippen molar-refractivity contribution in [3.05, 3.63) is 53.7 Å². The van der Waals surface area contributed by atoms with Gasteiger partial charge in [-0.05, 0) is 48.9 Å². The Hall–Kier alpha value is -2.07. The topological polar surface area (TPSA) is 34.6 Å². The maximum absolute atomic E-state index is 6.01. The molecule has 4 nitrogen and oxygen atoms in total. The Morgan fingerprint density at radius 1 is 1.00 bits per heavy atom. The van der Waals surface area contributed by atoms with Crippen molar-refractivity contribution >= 4 is 0 Å². The van der Waals surface area contributed by atoms with E-state index in [2.05, 4.69) is 34.1 Å². The van der Waals surface area contributed by atoms with E-state index in [1.54, 1.807) is 6.20 Å². The minimum absolute atomic E-state index is 0.0809. The molecular formula is C21H24N2O2. The van der Waals surface area contributed by atoms with Crippen LogP contribution in [0.3, 0.4) is 0 Å². The Labute approximate surface area is 148 Å². The van der Waals surface area contributed by atoms with Crippen LogP contribution in [0.4, 0.5) is 0 Å². The van der Waals surface area contributed by atoms with E-state index in [9.17, 15) is 0 Å². The van der Waals surface area contributed by atoms with Gasteiger partial charge in [0.05, 0.1) is 0 Å². The van der Waals surface area contributed by atoms with Gasteiger partial charge in [-0.25, -0.2) is 4.98 Å². The van der Waals surface area contributed by atoms with Crippen LogP contribution in [0.5, 0.6) is 11.6 Å². The second-order valence-corrected chi connectivity index (χ2v) is 7.45. The van der Waals surface area contributed by atoms with Crippen molar-refractivity contribution in [1.82, 2.24) is 9.88 Å². The second-order valence-electron chi connectivity index (χ2n) is 7.45. The molecule has 2 saturated heterocycles. The van der Waals surface area contributed by atoms with E-state index in [4.69, 9.17) is 9.47 Å². The summed E-state index contributed by atoms with van der Waals surface area (Å²) in [7, 11) is 0. The number of nitrogens with zero attached hydrogens (tertiary/aromatic N) is 2. The molecular weight excluding hydrogens is 312 g/mol. The molecule has 2 bridgehead atoms. The summed E-state index contributed by atoms with van der Waals surface area (Å²) >= 11 is 0. The Bertz CT molecular complexity index is 730. The Morgan fingerprint density at radius 2 is 1.80 bits per heavy atom. The molecule has 3 aliphatic rings. The summed E-state index contributed by atoms with van der Waals surface area (Å²) in [5.41, 5.74) is 2.56. The van der Waals surface area contributed by atoms with E-state index in [0.717, 1.165) is 29.9 Å². The maximum Gasteiger partial charge on any atom is 0.257 e. The maximum atomic E-state index is 6.01. The average molecular weight is 336 g/mol. The highest BCUT2D eigenvalue weighted by Crippen LogP contribution is 2.37. The second kappa shape index (κ2) is 6.34. The van der Waals surface area contributed by atoms with Crippen LogP contribution in [0.1, 0.15) is 49.3 Å². The predicted octanol–water partition coefficient (Wildman–Crippen LogP) is 4.11. The molecule has 4 heterocycles. The molecule has 0 amide bonds. The van der Waals surface area contributed by atoms with Crippen molar-refractivity contribution in [3.63, 3.8) is 0 Å². The lowest BCUT2D eigenvalue weighted by Gasteiger charge is -2.34. The first-order valence-electron chi connectivity index (χ1n) is 9.46. The van der Waals surface area contributed by atoms with Gasteiger partial charge in [0.25, 0.3) is 5.88 Å². The Morgan fingerprint density at radius 3 is 2.60 bits per heavy atom. The van der Waals surface area contributed by atoms with Gasteiger partial charge in [-0.15, -0.1) is 0 Å². The molecule has 4 heteroatoms. The van der Waals surface area contributed by atoms with Gasteiger partial charge in [0, 0.05) is 24.8 Å². The number of fused-ring (bicyclic) bond motifs is 3. The number of rotatable bonds is 3. The number of hydrogen-bond acceptors (Lipinski definition) is 4. The molecule has 1 aromatic carbocycles. The van der Waals surface area contributed by atoms with Crippen LogP contribution in [-0.2, 0) is 6.54 Å². The largest absolute Gasteiger partial charge is 0.484 e. The third-order valence-corrected chi connectivity index (χ3v) is 5.94. The summed E-state index contributed by atoms with van der Waals surface area (Å²) in [6.07, 6.45) is 8.62. The third-order valence-electron chi connectivity index (χ3n) is 5.94. The molecule has 3 atom stereocenters. The fraction of sp³-hybridized carbons (Fsp3) is 0.476. The molecule has 2 aromatic rings. The lowest BCUT2D eigenvalue weighted by Crippen LogP contribution is -2.38. The molecule has 0 N–H and O–H groups in total. The highest BCUT2D eigenvalue weighted by Gasteiger charge is 2.36. The Balaban J connectivity index is 1.28. The van der Waals surface area contributed by atoms with Crippen molar-refractivity contribution < 1.29 is 9.47 Å². The van der Waals surface area contributed by atoms with Crippen LogP contribution in [0, 0.1) is 0 Å². The lowest BCUT2D eigenvalue weighted by atomic mass is 10.0. The van der Waals surface area contributed by atoms with E-state index >= 15 is 0 Å². The fourth-order valence-electron chi connectivity index (χ4n) is 4.60. The van der Waals surface area contributed by atoms with Crippen molar-refractivity contribution in [2.45, 2.75) is 56.8 Å². The number of piperidine rings is 1. The van der Waals surface area contributed by atoms with E-state index in [1.165, 1.54) is 37.7 Å². The van der Waals surface area contributed by atoms with Crippen LogP contribution in [0.25, 0.3) is 0 Å². The summed E-state index contributed by atoms with van der Waals surface area (Å²) in [5.74, 6) is 1.32. The zero-order valence-electron chi connectivity index (χ0n) is 14.4. The molecule has 1 aromatic heterocycles. The number of hydrogen-bond donors (Lipinski definition) is 0. The van der Waals surface area contributed by atoms with Crippen LogP contribution in [-0.4, -0.2) is 28.6 Å². The van der Waals surface area contributed by atoms with E-state index in [-0.39, 0.29) is 6.10 Å². The first kappa shape index (κ1) is 15.2. The quantitative estimate of drug-likeness (QED) is 0.845. The minimum atomic E-state index is -0.0809. The van der Waals surface area contributed by atoms with Gasteiger partial charge >= 0.3 is 0 Å². The van der Waals surface area contributed by atoms with Crippen LogP contribution < -0.4 is 9.47 Å². The van der Waals surface area contributed by atoms with Crippen molar-refractivity contribution in [3.8, 4) is 11.6 Å². The zero-order valence-corrected chi connectivity index (χ0v) is 14.4. The highest BCUT2D eigenvalue weighted by molar-refractivity contribution is 5.36. The molecule has 3 aliphatic heterocycles. The molecule has 25 heavy (non-hydrogen) atoms. The van der Waals surface area contributed by atoms with Gasteiger partial charge in [-0.1, -0.05) is 30.7 Å². The van der Waals surface area contributed by atoms with Crippen molar-refractivity contribution in [1.29, 1.82) is 0 Å². The standard InChI is InChI=1S/C21H24N2O2/c1-3-17-10-11-18(4-1)23(17)13-15-6-8-16(9-7-15)20-14-24-19-5-2-12-22-21(19)25-20/h2,5-9,12,17-18,20H,1,3-4,10-11,13-14H2/t17-,18+,20-/m1/s1. The molecule has 2 fully saturated rings. The lowest BCUT2D eigenvalue weighted by molar-refractivity contribution is 0.0850. The molecule has 0 radical (unpaired) electrons. The minimum Gasteiger partial charge on any atom is -0.484 e. The van der Waals surface area contributed by atoms with Gasteiger partial charge in [0.1, 0.15) is 6.61 Å². The number of benzene rings is 1. The van der Waals surface area contributed by atoms with E-state index in [1.807, 2.05) is 12.1 Å². The summed E-state index contributed by atoms with van der Waals surface area (Å²) in [4.78, 5) is 6.99. The van der Waals surface area contributed by atoms with E-state index < -0.39 is 0 Å². The molecule has 0 unspecified atom stereocenters. The molecule has 5 rings (SSSR count). The van der Waals surface area contributed by atoms with Gasteiger partial charge in [-0.2, -0.15) is 0 Å². The van der Waals surface area contributed by atoms with Crippen LogP contribution >= 0.6 is 0 Å². The van der Waals surface area contributed by atoms with Crippen molar-refractivity contribution in [2.24, 2.45) is 0 Å². The van der Waals surface area contributed by atoms with Gasteiger partial charge in [0.2, 0.25) is 0 Å². The SMILES string of the molecule is c1cnc2c(c1)OC[C@H](c1ccc(CN3[C@@H]4CCC[C@H]3CC4)cc1)O2. The molecule has 130 valence electrons. The summed E-state index contributed by atoms with van der Waals surface area (Å²) in [6.45, 7) is 1.62. The first-order valence-corrected chi connectivity index (χ1v) is 9.46. The fourth-order valence-corrected chi connectivity index (χ4v) is 4.60. The van der Waals surface area contributed by atoms with Gasteiger partial charge < -0.3 is 9.47 Å². The average Bonchev–Trinajstić information content (AvgIpc) is 2.89. The van der Waals surface area contributed by atoms with Crippen LogP contribution in [0.15, 0.2) is 42.6 Å². The molecule has 0 aliphatic carbocycles. The smallest absolute Gasteiger partial charge is 0.257 e. The normalized spacial score (nSPS) is 28.1. The Kier molecular flexibility index (Phi) is 3.86. The van der Waals surface area contributed by atoms with Crippen molar-refractivity contribution in [2.75, 3.05) is 6.61 Å². The van der Waals surface area contributed by atoms with Gasteiger partial charge in [-0.3, -0.25) is 4.90 Å². The third kappa shape index (κ3) is 2.89. The number of pyridine rings is 1. The predicted molar refractivity (Wildman–Crippen MR) is 95.7 cm³/mol. The summed E-state index contributed by atoms with van der Waals surface area (Å²) < 4.78 is 11.8. The summed E-state index contributed by atoms with van der Waals surface area (Å²) in [6, 6.07) is 14.3. The monoisotopic (exact) mass is 336 g/mol. The number of ether oxygens (including phenoxy) is 2. The first-order chi connectivity index (χ1) is 12.4.